The Morgan fingerprint density at radius 3 is 2.71 bits per heavy atom. The molecule has 2 heterocycles. The summed E-state index contributed by atoms with van der Waals surface area (Å²) < 4.78 is 7.57. The van der Waals surface area contributed by atoms with Crippen LogP contribution < -0.4 is 4.74 Å². The van der Waals surface area contributed by atoms with Gasteiger partial charge in [0.2, 0.25) is 0 Å². The largest absolute Gasteiger partial charge is 0.504 e. The lowest BCUT2D eigenvalue weighted by molar-refractivity contribution is 0.217. The third kappa shape index (κ3) is 3.60. The van der Waals surface area contributed by atoms with Crippen LogP contribution in [0.15, 0.2) is 54.7 Å². The van der Waals surface area contributed by atoms with E-state index < -0.39 is 0 Å². The molecule has 4 rings (SSSR count). The van der Waals surface area contributed by atoms with E-state index in [1.54, 1.807) is 13.2 Å². The monoisotopic (exact) mass is 416 g/mol. The first-order valence-corrected chi connectivity index (χ1v) is 10.0. The molecule has 1 unspecified atom stereocenters. The number of rotatable bonds is 4. The van der Waals surface area contributed by atoms with Crippen molar-refractivity contribution in [3.63, 3.8) is 0 Å². The van der Waals surface area contributed by atoms with Gasteiger partial charge >= 0.3 is 0 Å². The second-order valence-electron chi connectivity index (χ2n) is 6.99. The highest BCUT2D eigenvalue weighted by Gasteiger charge is 2.28. The summed E-state index contributed by atoms with van der Waals surface area (Å²) >= 11 is 12.5. The highest BCUT2D eigenvalue weighted by Crippen LogP contribution is 2.38. The average molecular weight is 417 g/mol. The maximum Gasteiger partial charge on any atom is 0.162 e. The molecule has 0 radical (unpaired) electrons. The number of aromatic hydroxyl groups is 1. The number of halogens is 2. The fraction of sp³-hybridized carbons (Fsp3) is 0.273. The van der Waals surface area contributed by atoms with Crippen LogP contribution in [0.2, 0.25) is 10.0 Å². The first kappa shape index (κ1) is 19.2. The first-order chi connectivity index (χ1) is 13.6. The van der Waals surface area contributed by atoms with Crippen LogP contribution >= 0.6 is 23.2 Å². The van der Waals surface area contributed by atoms with Crippen LogP contribution in [0.25, 0.3) is 0 Å². The summed E-state index contributed by atoms with van der Waals surface area (Å²) in [5.74, 6) is 0.680. The SMILES string of the molecule is COc1cccc(CN2CCCn3cccc3C2c2ccc(Cl)c(Cl)c2)c1O. The van der Waals surface area contributed by atoms with Gasteiger partial charge in [-0.25, -0.2) is 0 Å². The molecule has 0 saturated heterocycles. The van der Waals surface area contributed by atoms with Crippen LogP contribution in [0, 0.1) is 0 Å². The Kier molecular flexibility index (Phi) is 5.54. The van der Waals surface area contributed by atoms with Gasteiger partial charge in [-0.15, -0.1) is 0 Å². The lowest BCUT2D eigenvalue weighted by Crippen LogP contribution is -2.29. The molecular weight excluding hydrogens is 395 g/mol. The Hall–Kier alpha value is -2.14. The fourth-order valence-corrected chi connectivity index (χ4v) is 4.26. The molecule has 0 fully saturated rings. The van der Waals surface area contributed by atoms with E-state index in [-0.39, 0.29) is 11.8 Å². The molecule has 28 heavy (non-hydrogen) atoms. The molecule has 1 aromatic heterocycles. The van der Waals surface area contributed by atoms with E-state index in [9.17, 15) is 5.11 Å². The molecule has 1 aliphatic heterocycles. The van der Waals surface area contributed by atoms with E-state index in [2.05, 4.69) is 27.8 Å². The molecule has 1 aliphatic rings. The highest BCUT2D eigenvalue weighted by atomic mass is 35.5. The number of aryl methyl sites for hydroxylation is 1. The number of aromatic nitrogens is 1. The standard InChI is InChI=1S/C22H22Cl2N2O2/c1-28-20-7-2-5-16(22(20)27)14-26-12-4-11-25-10-3-6-19(25)21(26)15-8-9-17(23)18(24)13-15/h2-3,5-10,13,21,27H,4,11-12,14H2,1H3. The van der Waals surface area contributed by atoms with E-state index in [0.717, 1.165) is 30.6 Å². The van der Waals surface area contributed by atoms with Crippen molar-refractivity contribution in [3.8, 4) is 11.5 Å². The molecule has 1 atom stereocenters. The number of hydrogen-bond donors (Lipinski definition) is 1. The molecule has 2 aromatic carbocycles. The summed E-state index contributed by atoms with van der Waals surface area (Å²) in [6.45, 7) is 2.45. The molecule has 0 saturated carbocycles. The molecule has 4 nitrogen and oxygen atoms in total. The molecule has 3 aromatic rings. The van der Waals surface area contributed by atoms with Crippen molar-refractivity contribution in [1.29, 1.82) is 0 Å². The topological polar surface area (TPSA) is 37.6 Å². The Bertz CT molecular complexity index is 986. The van der Waals surface area contributed by atoms with E-state index >= 15 is 0 Å². The molecule has 0 spiro atoms. The van der Waals surface area contributed by atoms with Crippen LogP contribution in [-0.4, -0.2) is 28.2 Å². The van der Waals surface area contributed by atoms with Gasteiger partial charge < -0.3 is 14.4 Å². The molecule has 146 valence electrons. The number of phenols is 1. The number of benzene rings is 2. The summed E-state index contributed by atoms with van der Waals surface area (Å²) in [7, 11) is 1.57. The molecular formula is C22H22Cl2N2O2. The van der Waals surface area contributed by atoms with E-state index in [1.807, 2.05) is 30.3 Å². The Morgan fingerprint density at radius 2 is 1.93 bits per heavy atom. The third-order valence-corrected chi connectivity index (χ3v) is 6.03. The molecule has 0 aliphatic carbocycles. The molecule has 1 N–H and O–H groups in total. The zero-order valence-electron chi connectivity index (χ0n) is 15.6. The predicted octanol–water partition coefficient (Wildman–Crippen LogP) is 5.50. The van der Waals surface area contributed by atoms with Gasteiger partial charge in [0.1, 0.15) is 0 Å². The minimum absolute atomic E-state index is 0.0119. The summed E-state index contributed by atoms with van der Waals surface area (Å²) in [5.41, 5.74) is 3.13. The maximum absolute atomic E-state index is 10.6. The predicted molar refractivity (Wildman–Crippen MR) is 112 cm³/mol. The summed E-state index contributed by atoms with van der Waals surface area (Å²) in [6, 6.07) is 15.7. The second-order valence-corrected chi connectivity index (χ2v) is 7.81. The number of ether oxygens (including phenoxy) is 1. The lowest BCUT2D eigenvalue weighted by atomic mass is 10.0. The van der Waals surface area contributed by atoms with Crippen LogP contribution in [0.3, 0.4) is 0 Å². The zero-order chi connectivity index (χ0) is 19.7. The van der Waals surface area contributed by atoms with Crippen molar-refractivity contribution in [2.24, 2.45) is 0 Å². The van der Waals surface area contributed by atoms with Crippen molar-refractivity contribution < 1.29 is 9.84 Å². The van der Waals surface area contributed by atoms with Crippen molar-refractivity contribution in [2.75, 3.05) is 13.7 Å². The summed E-state index contributed by atoms with van der Waals surface area (Å²) in [6.07, 6.45) is 3.14. The van der Waals surface area contributed by atoms with Crippen LogP contribution in [0.5, 0.6) is 11.5 Å². The van der Waals surface area contributed by atoms with Gasteiger partial charge in [-0.1, -0.05) is 41.4 Å². The fourth-order valence-electron chi connectivity index (χ4n) is 3.95. The van der Waals surface area contributed by atoms with Crippen molar-refractivity contribution in [2.45, 2.75) is 25.6 Å². The van der Waals surface area contributed by atoms with Crippen molar-refractivity contribution >= 4 is 23.2 Å². The van der Waals surface area contributed by atoms with Gasteiger partial charge in [-0.3, -0.25) is 4.90 Å². The van der Waals surface area contributed by atoms with Crippen molar-refractivity contribution in [1.82, 2.24) is 9.47 Å². The number of hydrogen-bond acceptors (Lipinski definition) is 3. The maximum atomic E-state index is 10.6. The van der Waals surface area contributed by atoms with E-state index in [1.165, 1.54) is 5.69 Å². The third-order valence-electron chi connectivity index (χ3n) is 5.29. The van der Waals surface area contributed by atoms with Crippen LogP contribution in [0.4, 0.5) is 0 Å². The zero-order valence-corrected chi connectivity index (χ0v) is 17.1. The Labute approximate surface area is 174 Å². The van der Waals surface area contributed by atoms with Gasteiger partial charge in [0.15, 0.2) is 11.5 Å². The number of nitrogens with zero attached hydrogens (tertiary/aromatic N) is 2. The smallest absolute Gasteiger partial charge is 0.162 e. The summed E-state index contributed by atoms with van der Waals surface area (Å²) in [5, 5.41) is 11.7. The number of phenolic OH excluding ortho intramolecular Hbond substituents is 1. The van der Waals surface area contributed by atoms with Crippen LogP contribution in [0.1, 0.15) is 29.3 Å². The number of fused-ring (bicyclic) bond motifs is 1. The van der Waals surface area contributed by atoms with Crippen LogP contribution in [-0.2, 0) is 13.1 Å². The van der Waals surface area contributed by atoms with Gasteiger partial charge in [-0.2, -0.15) is 0 Å². The van der Waals surface area contributed by atoms with Gasteiger partial charge in [0.25, 0.3) is 0 Å². The van der Waals surface area contributed by atoms with E-state index in [4.69, 9.17) is 27.9 Å². The van der Waals surface area contributed by atoms with Gasteiger partial charge in [-0.05, 0) is 42.3 Å². The average Bonchev–Trinajstić information content (AvgIpc) is 3.07. The Morgan fingerprint density at radius 1 is 1.07 bits per heavy atom. The molecule has 6 heteroatoms. The van der Waals surface area contributed by atoms with Crippen molar-refractivity contribution in [3.05, 3.63) is 81.6 Å². The number of methoxy groups -OCH3 is 1. The first-order valence-electron chi connectivity index (χ1n) is 9.27. The quantitative estimate of drug-likeness (QED) is 0.609. The lowest BCUT2D eigenvalue weighted by Gasteiger charge is -2.31. The minimum atomic E-state index is 0.0119. The molecule has 0 amide bonds. The number of para-hydroxylation sites is 1. The van der Waals surface area contributed by atoms with Gasteiger partial charge in [0, 0.05) is 37.1 Å². The molecule has 0 bridgehead atoms. The second kappa shape index (κ2) is 8.08. The van der Waals surface area contributed by atoms with E-state index in [0.29, 0.717) is 22.3 Å². The highest BCUT2D eigenvalue weighted by molar-refractivity contribution is 6.42. The summed E-state index contributed by atoms with van der Waals surface area (Å²) in [4.78, 5) is 2.37. The minimum Gasteiger partial charge on any atom is -0.504 e. The van der Waals surface area contributed by atoms with Gasteiger partial charge in [0.05, 0.1) is 23.2 Å². The Balaban J connectivity index is 1.77. The normalized spacial score (nSPS) is 17.2.